The third-order valence-corrected chi connectivity index (χ3v) is 6.00. The molecule has 0 saturated carbocycles. The van der Waals surface area contributed by atoms with E-state index >= 15 is 0 Å². The highest BCUT2D eigenvalue weighted by molar-refractivity contribution is 7.13. The van der Waals surface area contributed by atoms with Gasteiger partial charge in [-0.15, -0.1) is 0 Å². The van der Waals surface area contributed by atoms with Gasteiger partial charge in [0.2, 0.25) is 5.91 Å². The number of nitrogens with one attached hydrogen (secondary N) is 1. The Kier molecular flexibility index (Phi) is 5.65. The molecule has 3 aromatic heterocycles. The van der Waals surface area contributed by atoms with Crippen molar-refractivity contribution in [1.82, 2.24) is 18.9 Å². The van der Waals surface area contributed by atoms with Gasteiger partial charge in [-0.1, -0.05) is 24.6 Å². The highest BCUT2D eigenvalue weighted by Gasteiger charge is 2.19. The molecule has 0 fully saturated rings. The van der Waals surface area contributed by atoms with E-state index in [1.807, 2.05) is 52.0 Å². The lowest BCUT2D eigenvalue weighted by Crippen LogP contribution is -2.31. The molecule has 3 heterocycles. The van der Waals surface area contributed by atoms with Crippen molar-refractivity contribution in [2.75, 3.05) is 5.32 Å². The van der Waals surface area contributed by atoms with Crippen molar-refractivity contribution in [3.8, 4) is 11.3 Å². The van der Waals surface area contributed by atoms with Gasteiger partial charge in [-0.05, 0) is 55.6 Å². The molecule has 0 bridgehead atoms. The summed E-state index contributed by atoms with van der Waals surface area (Å²) in [5.41, 5.74) is 5.76. The number of anilines is 1. The number of aromatic nitrogens is 4. The molecule has 0 saturated heterocycles. The van der Waals surface area contributed by atoms with E-state index in [1.165, 1.54) is 4.57 Å². The van der Waals surface area contributed by atoms with Gasteiger partial charge in [0.15, 0.2) is 0 Å². The zero-order chi connectivity index (χ0) is 22.1. The first-order valence-corrected chi connectivity index (χ1v) is 10.8. The average molecular weight is 434 g/mol. The van der Waals surface area contributed by atoms with Gasteiger partial charge in [-0.25, -0.2) is 4.98 Å². The number of hydrogen-bond acceptors (Lipinski definition) is 6. The molecule has 0 atom stereocenters. The van der Waals surface area contributed by atoms with E-state index in [0.29, 0.717) is 28.2 Å². The lowest BCUT2D eigenvalue weighted by Gasteiger charge is -2.15. The van der Waals surface area contributed by atoms with Crippen molar-refractivity contribution in [2.24, 2.45) is 0 Å². The van der Waals surface area contributed by atoms with Gasteiger partial charge in [0.05, 0.1) is 0 Å². The Labute approximate surface area is 184 Å². The molecule has 158 valence electrons. The summed E-state index contributed by atoms with van der Waals surface area (Å²) in [6, 6.07) is 7.73. The molecular formula is C23H23N5O2S. The molecule has 0 radical (unpaired) electrons. The smallest absolute Gasteiger partial charge is 0.273 e. The number of fused-ring (bicyclic) bond motifs is 1. The molecule has 1 aromatic carbocycles. The molecule has 1 amide bonds. The number of hydrogen-bond donors (Lipinski definition) is 1. The predicted molar refractivity (Wildman–Crippen MR) is 124 cm³/mol. The van der Waals surface area contributed by atoms with E-state index in [9.17, 15) is 9.59 Å². The molecule has 0 spiro atoms. The van der Waals surface area contributed by atoms with Crippen LogP contribution in [0.3, 0.4) is 0 Å². The number of carbonyl (C=O) groups is 1. The largest absolute Gasteiger partial charge is 0.324 e. The van der Waals surface area contributed by atoms with E-state index in [0.717, 1.165) is 39.5 Å². The highest BCUT2D eigenvalue weighted by Crippen LogP contribution is 2.27. The number of carbonyl (C=O) groups excluding carboxylic acids is 1. The van der Waals surface area contributed by atoms with Crippen molar-refractivity contribution >= 4 is 33.3 Å². The number of nitrogens with zero attached hydrogens (tertiary/aromatic N) is 4. The van der Waals surface area contributed by atoms with Gasteiger partial charge in [0.1, 0.15) is 28.3 Å². The second kappa shape index (κ2) is 8.39. The van der Waals surface area contributed by atoms with Crippen LogP contribution in [0.4, 0.5) is 5.69 Å². The van der Waals surface area contributed by atoms with Crippen LogP contribution in [-0.4, -0.2) is 24.8 Å². The molecule has 0 aliphatic rings. The van der Waals surface area contributed by atoms with Crippen LogP contribution in [0.15, 0.2) is 41.5 Å². The highest BCUT2D eigenvalue weighted by atomic mass is 32.1. The maximum atomic E-state index is 13.2. The number of aryl methyl sites for hydroxylation is 4. The summed E-state index contributed by atoms with van der Waals surface area (Å²) >= 11 is 1.11. The minimum absolute atomic E-state index is 0.0970. The molecule has 31 heavy (non-hydrogen) atoms. The van der Waals surface area contributed by atoms with Crippen molar-refractivity contribution in [2.45, 2.75) is 40.7 Å². The molecule has 8 heteroatoms. The minimum atomic E-state index is -0.258. The molecule has 1 N–H and O–H groups in total. The minimum Gasteiger partial charge on any atom is -0.324 e. The van der Waals surface area contributed by atoms with E-state index < -0.39 is 0 Å². The molecule has 7 nitrogen and oxygen atoms in total. The van der Waals surface area contributed by atoms with Crippen LogP contribution in [0, 0.1) is 20.8 Å². The van der Waals surface area contributed by atoms with Crippen molar-refractivity contribution < 1.29 is 4.79 Å². The molecule has 0 unspecified atom stereocenters. The van der Waals surface area contributed by atoms with Gasteiger partial charge in [0.25, 0.3) is 5.56 Å². The Bertz CT molecular complexity index is 1320. The van der Waals surface area contributed by atoms with Gasteiger partial charge in [-0.2, -0.15) is 4.37 Å². The third-order valence-electron chi connectivity index (χ3n) is 5.17. The fourth-order valence-corrected chi connectivity index (χ4v) is 4.58. The predicted octanol–water partition coefficient (Wildman–Crippen LogP) is 4.04. The standard InChI is InChI=1S/C23H23N5O2S/c1-5-17-25-21-20(16-6-8-24-9-7-16)27-31-22(21)23(30)28(17)12-18(29)26-19-14(3)10-13(2)11-15(19)4/h6-11H,5,12H2,1-4H3,(H,26,29). The van der Waals surface area contributed by atoms with Crippen LogP contribution >= 0.6 is 11.5 Å². The first-order chi connectivity index (χ1) is 14.9. The number of amides is 1. The Morgan fingerprint density at radius 1 is 1.13 bits per heavy atom. The Balaban J connectivity index is 1.71. The summed E-state index contributed by atoms with van der Waals surface area (Å²) < 4.78 is 6.35. The second-order valence-corrected chi connectivity index (χ2v) is 8.31. The van der Waals surface area contributed by atoms with E-state index in [4.69, 9.17) is 4.98 Å². The monoisotopic (exact) mass is 433 g/mol. The summed E-state index contributed by atoms with van der Waals surface area (Å²) in [6.07, 6.45) is 3.89. The van der Waals surface area contributed by atoms with Gasteiger partial charge >= 0.3 is 0 Å². The zero-order valence-corrected chi connectivity index (χ0v) is 18.7. The summed E-state index contributed by atoms with van der Waals surface area (Å²) in [6.45, 7) is 7.77. The fourth-order valence-electron chi connectivity index (χ4n) is 3.79. The van der Waals surface area contributed by atoms with Crippen LogP contribution in [-0.2, 0) is 17.8 Å². The Morgan fingerprint density at radius 3 is 2.45 bits per heavy atom. The summed E-state index contributed by atoms with van der Waals surface area (Å²) in [7, 11) is 0. The quantitative estimate of drug-likeness (QED) is 0.513. The van der Waals surface area contributed by atoms with E-state index in [1.54, 1.807) is 12.4 Å². The fraction of sp³-hybridized carbons (Fsp3) is 0.261. The Morgan fingerprint density at radius 2 is 1.81 bits per heavy atom. The summed E-state index contributed by atoms with van der Waals surface area (Å²) in [5, 5.41) is 2.97. The lowest BCUT2D eigenvalue weighted by molar-refractivity contribution is -0.116. The Hall–Kier alpha value is -3.39. The van der Waals surface area contributed by atoms with Gasteiger partial charge in [0, 0.05) is 30.1 Å². The van der Waals surface area contributed by atoms with Crippen molar-refractivity contribution in [3.63, 3.8) is 0 Å². The van der Waals surface area contributed by atoms with Crippen LogP contribution in [0.1, 0.15) is 29.4 Å². The number of pyridine rings is 1. The van der Waals surface area contributed by atoms with Crippen molar-refractivity contribution in [3.05, 3.63) is 69.5 Å². The molecular weight excluding hydrogens is 410 g/mol. The van der Waals surface area contributed by atoms with E-state index in [-0.39, 0.29) is 18.0 Å². The lowest BCUT2D eigenvalue weighted by atomic mass is 10.1. The van der Waals surface area contributed by atoms with Crippen LogP contribution < -0.4 is 10.9 Å². The van der Waals surface area contributed by atoms with Crippen LogP contribution in [0.5, 0.6) is 0 Å². The normalized spacial score (nSPS) is 11.1. The van der Waals surface area contributed by atoms with Gasteiger partial charge < -0.3 is 5.32 Å². The third kappa shape index (κ3) is 3.98. The molecule has 0 aliphatic carbocycles. The van der Waals surface area contributed by atoms with E-state index in [2.05, 4.69) is 14.7 Å². The topological polar surface area (TPSA) is 89.8 Å². The maximum Gasteiger partial charge on any atom is 0.273 e. The van der Waals surface area contributed by atoms with Crippen LogP contribution in [0.2, 0.25) is 0 Å². The molecule has 4 aromatic rings. The average Bonchev–Trinajstić information content (AvgIpc) is 3.17. The summed E-state index contributed by atoms with van der Waals surface area (Å²) in [5.74, 6) is 0.299. The zero-order valence-electron chi connectivity index (χ0n) is 17.9. The second-order valence-electron chi connectivity index (χ2n) is 7.54. The molecule has 0 aliphatic heterocycles. The van der Waals surface area contributed by atoms with Crippen molar-refractivity contribution in [1.29, 1.82) is 0 Å². The SMILES string of the molecule is CCc1nc2c(-c3ccncc3)nsc2c(=O)n1CC(=O)Nc1c(C)cc(C)cc1C. The summed E-state index contributed by atoms with van der Waals surface area (Å²) in [4.78, 5) is 34.8. The first-order valence-electron chi connectivity index (χ1n) is 10.1. The molecule has 4 rings (SSSR count). The first kappa shape index (κ1) is 20.9. The number of rotatable bonds is 5. The maximum absolute atomic E-state index is 13.2. The van der Waals surface area contributed by atoms with Gasteiger partial charge in [-0.3, -0.25) is 19.1 Å². The number of benzene rings is 1. The van der Waals surface area contributed by atoms with Crippen LogP contribution in [0.25, 0.3) is 21.5 Å².